The van der Waals surface area contributed by atoms with Gasteiger partial charge >= 0.3 is 0 Å². The van der Waals surface area contributed by atoms with Crippen molar-refractivity contribution in [3.63, 3.8) is 0 Å². The third kappa shape index (κ3) is 5.19. The highest BCUT2D eigenvalue weighted by molar-refractivity contribution is 5.87. The molecule has 1 saturated heterocycles. The number of carbonyl (C=O) groups is 1. The Morgan fingerprint density at radius 3 is 2.69 bits per heavy atom. The van der Waals surface area contributed by atoms with E-state index in [0.29, 0.717) is 24.1 Å². The van der Waals surface area contributed by atoms with E-state index in [2.05, 4.69) is 20.6 Å². The van der Waals surface area contributed by atoms with Gasteiger partial charge in [-0.1, -0.05) is 6.08 Å². The summed E-state index contributed by atoms with van der Waals surface area (Å²) in [6, 6.07) is 6.07. The number of hydrogen-bond donors (Lipinski definition) is 4. The summed E-state index contributed by atoms with van der Waals surface area (Å²) < 4.78 is 0. The van der Waals surface area contributed by atoms with Crippen LogP contribution in [0.1, 0.15) is 25.7 Å². The number of H-pyrrole nitrogens is 1. The summed E-state index contributed by atoms with van der Waals surface area (Å²) in [5.41, 5.74) is 7.88. The van der Waals surface area contributed by atoms with E-state index in [1.54, 1.807) is 24.5 Å². The number of amides is 1. The molecule has 0 aromatic carbocycles. The number of pyridine rings is 2. The Hall–Kier alpha value is -3.13. The van der Waals surface area contributed by atoms with Crippen molar-refractivity contribution in [2.24, 2.45) is 17.6 Å². The van der Waals surface area contributed by atoms with Gasteiger partial charge in [-0.05, 0) is 61.3 Å². The van der Waals surface area contributed by atoms with Gasteiger partial charge in [-0.25, -0.2) is 4.98 Å². The number of likely N-dealkylation sites (tertiary alicyclic amines) is 1. The van der Waals surface area contributed by atoms with Crippen LogP contribution >= 0.6 is 0 Å². The number of rotatable bonds is 8. The number of carbonyl (C=O) groups excluding carboxylic acids is 1. The van der Waals surface area contributed by atoms with E-state index in [1.165, 1.54) is 12.8 Å². The molecule has 4 rings (SSSR count). The Labute approximate surface area is 188 Å². The number of nitrogens with zero attached hydrogens (tertiary/aromatic N) is 2. The molecule has 2 aromatic rings. The van der Waals surface area contributed by atoms with Crippen LogP contribution in [0.3, 0.4) is 0 Å². The maximum absolute atomic E-state index is 12.6. The molecule has 170 valence electrons. The molecule has 8 nitrogen and oxygen atoms in total. The summed E-state index contributed by atoms with van der Waals surface area (Å²) in [5, 5.41) is 6.63. The molecule has 8 heteroatoms. The van der Waals surface area contributed by atoms with Gasteiger partial charge in [-0.2, -0.15) is 0 Å². The lowest BCUT2D eigenvalue weighted by molar-refractivity contribution is -0.127. The predicted molar refractivity (Wildman–Crippen MR) is 127 cm³/mol. The number of nitrogens with one attached hydrogen (secondary N) is 3. The minimum absolute atomic E-state index is 0.0345. The highest BCUT2D eigenvalue weighted by Gasteiger charge is 2.38. The molecule has 1 amide bonds. The fourth-order valence-corrected chi connectivity index (χ4v) is 4.51. The second-order valence-electron chi connectivity index (χ2n) is 8.62. The molecule has 2 aliphatic rings. The summed E-state index contributed by atoms with van der Waals surface area (Å²) >= 11 is 0. The molecule has 1 saturated carbocycles. The van der Waals surface area contributed by atoms with Crippen molar-refractivity contribution in [2.75, 3.05) is 37.3 Å². The van der Waals surface area contributed by atoms with Gasteiger partial charge in [0.15, 0.2) is 0 Å². The zero-order valence-corrected chi connectivity index (χ0v) is 18.5. The number of aromatic amines is 1. The van der Waals surface area contributed by atoms with Crippen LogP contribution in [0.15, 0.2) is 47.5 Å². The van der Waals surface area contributed by atoms with Crippen LogP contribution in [-0.2, 0) is 4.79 Å². The van der Waals surface area contributed by atoms with Crippen molar-refractivity contribution in [2.45, 2.75) is 31.7 Å². The molecule has 0 radical (unpaired) electrons. The fourth-order valence-electron chi connectivity index (χ4n) is 4.51. The van der Waals surface area contributed by atoms with Gasteiger partial charge in [0.1, 0.15) is 11.5 Å². The van der Waals surface area contributed by atoms with Crippen molar-refractivity contribution in [1.82, 2.24) is 14.9 Å². The van der Waals surface area contributed by atoms with Crippen LogP contribution < -0.4 is 21.9 Å². The molecule has 1 aliphatic heterocycles. The van der Waals surface area contributed by atoms with E-state index >= 15 is 0 Å². The Kier molecular flexibility index (Phi) is 6.90. The summed E-state index contributed by atoms with van der Waals surface area (Å²) in [4.78, 5) is 33.9. The Balaban J connectivity index is 1.48. The monoisotopic (exact) mass is 436 g/mol. The number of piperidine rings is 1. The van der Waals surface area contributed by atoms with Gasteiger partial charge in [-0.15, -0.1) is 0 Å². The first-order valence-corrected chi connectivity index (χ1v) is 11.4. The lowest BCUT2D eigenvalue weighted by atomic mass is 9.86. The first-order valence-electron chi connectivity index (χ1n) is 11.4. The maximum Gasteiger partial charge on any atom is 0.271 e. The van der Waals surface area contributed by atoms with E-state index in [9.17, 15) is 9.59 Å². The van der Waals surface area contributed by atoms with E-state index < -0.39 is 0 Å². The molecule has 0 bridgehead atoms. The van der Waals surface area contributed by atoms with Crippen LogP contribution in [0.2, 0.25) is 0 Å². The second kappa shape index (κ2) is 9.99. The van der Waals surface area contributed by atoms with E-state index in [-0.39, 0.29) is 17.5 Å². The molecule has 2 aromatic heterocycles. The first kappa shape index (κ1) is 22.1. The van der Waals surface area contributed by atoms with Crippen LogP contribution in [0.4, 0.5) is 11.5 Å². The molecular weight excluding hydrogens is 404 g/mol. The number of anilines is 2. The molecule has 32 heavy (non-hydrogen) atoms. The van der Waals surface area contributed by atoms with Crippen molar-refractivity contribution in [3.8, 4) is 11.1 Å². The number of aromatic nitrogens is 2. The van der Waals surface area contributed by atoms with E-state index in [1.807, 2.05) is 30.1 Å². The minimum atomic E-state index is -0.109. The largest absolute Gasteiger partial charge is 0.377 e. The van der Waals surface area contributed by atoms with Gasteiger partial charge < -0.3 is 26.3 Å². The maximum atomic E-state index is 12.6. The fraction of sp³-hybridized carbons (Fsp3) is 0.458. The van der Waals surface area contributed by atoms with Crippen molar-refractivity contribution in [1.29, 1.82) is 0 Å². The van der Waals surface area contributed by atoms with Crippen molar-refractivity contribution < 1.29 is 4.79 Å². The van der Waals surface area contributed by atoms with Crippen LogP contribution in [0.25, 0.3) is 11.1 Å². The average Bonchev–Trinajstić information content (AvgIpc) is 3.67. The van der Waals surface area contributed by atoms with Crippen LogP contribution in [0.5, 0.6) is 0 Å². The lowest BCUT2D eigenvalue weighted by Crippen LogP contribution is -2.43. The second-order valence-corrected chi connectivity index (χ2v) is 8.62. The Bertz CT molecular complexity index is 1020. The molecule has 1 unspecified atom stereocenters. The summed E-state index contributed by atoms with van der Waals surface area (Å²) in [6.07, 6.45) is 11.0. The Morgan fingerprint density at radius 1 is 1.25 bits per heavy atom. The quantitative estimate of drug-likeness (QED) is 0.472. The van der Waals surface area contributed by atoms with E-state index in [4.69, 9.17) is 5.73 Å². The standard InChI is InChI=1S/C24H32N6O2/c1-26-21-14-18(6-10-27-21)19-13-20(24(32)28-15-19)29-23(16-4-5-16)17-7-11-30(12-8-17)22(31)3-2-9-25/h2-3,6,10,13-17,23,29H,4-5,7-9,11-12,25H2,1H3,(H,26,27)(H,28,32)/b3-2+. The van der Waals surface area contributed by atoms with Crippen molar-refractivity contribution >= 4 is 17.4 Å². The third-order valence-electron chi connectivity index (χ3n) is 6.46. The topological polar surface area (TPSA) is 116 Å². The average molecular weight is 437 g/mol. The van der Waals surface area contributed by atoms with Crippen molar-refractivity contribution in [3.05, 3.63) is 53.1 Å². The molecule has 5 N–H and O–H groups in total. The van der Waals surface area contributed by atoms with Crippen LogP contribution in [-0.4, -0.2) is 53.5 Å². The third-order valence-corrected chi connectivity index (χ3v) is 6.46. The van der Waals surface area contributed by atoms with Gasteiger partial charge in [0.2, 0.25) is 5.91 Å². The normalized spacial score (nSPS) is 18.0. The summed E-state index contributed by atoms with van der Waals surface area (Å²) in [7, 11) is 1.83. The molecule has 1 atom stereocenters. The smallest absolute Gasteiger partial charge is 0.271 e. The molecule has 0 spiro atoms. The SMILES string of the molecule is CNc1cc(-c2c[nH]c(=O)c(NC(C3CC3)C3CCN(C(=O)/C=C/CN)CC3)c2)ccn1. The summed E-state index contributed by atoms with van der Waals surface area (Å²) in [6.45, 7) is 1.85. The van der Waals surface area contributed by atoms with E-state index in [0.717, 1.165) is 42.9 Å². The van der Waals surface area contributed by atoms with Gasteiger partial charge in [0, 0.05) is 56.8 Å². The zero-order chi connectivity index (χ0) is 22.5. The predicted octanol–water partition coefficient (Wildman–Crippen LogP) is 2.42. The van der Waals surface area contributed by atoms with Gasteiger partial charge in [-0.3, -0.25) is 9.59 Å². The van der Waals surface area contributed by atoms with Crippen LogP contribution in [0, 0.1) is 11.8 Å². The molecule has 1 aliphatic carbocycles. The molecule has 3 heterocycles. The number of hydrogen-bond acceptors (Lipinski definition) is 6. The van der Waals surface area contributed by atoms with Gasteiger partial charge in [0.05, 0.1) is 0 Å². The highest BCUT2D eigenvalue weighted by Crippen LogP contribution is 2.40. The number of nitrogens with two attached hydrogens (primary N) is 1. The summed E-state index contributed by atoms with van der Waals surface area (Å²) in [5.74, 6) is 1.83. The molecular formula is C24H32N6O2. The first-order chi connectivity index (χ1) is 15.6. The molecule has 2 fully saturated rings. The van der Waals surface area contributed by atoms with Gasteiger partial charge in [0.25, 0.3) is 5.56 Å². The lowest BCUT2D eigenvalue weighted by Gasteiger charge is -2.36. The minimum Gasteiger partial charge on any atom is -0.377 e. The highest BCUT2D eigenvalue weighted by atomic mass is 16.2. The zero-order valence-electron chi connectivity index (χ0n) is 18.5. The Morgan fingerprint density at radius 2 is 2.00 bits per heavy atom.